The lowest BCUT2D eigenvalue weighted by molar-refractivity contribution is 0.149. The van der Waals surface area contributed by atoms with Gasteiger partial charge < -0.3 is 9.84 Å². The Balaban J connectivity index is 3.27. The van der Waals surface area contributed by atoms with E-state index in [4.69, 9.17) is 9.84 Å². The summed E-state index contributed by atoms with van der Waals surface area (Å²) in [6.07, 6.45) is 0.192. The van der Waals surface area contributed by atoms with Crippen LogP contribution in [0.1, 0.15) is 20.3 Å². The standard InChI is InChI=1S/C7H14O2/c1-4-9-7(3)5-6(2)8/h6,8H,3-5H2,1-2H3. The van der Waals surface area contributed by atoms with Crippen molar-refractivity contribution in [2.24, 2.45) is 0 Å². The predicted molar refractivity (Wildman–Crippen MR) is 37.1 cm³/mol. The second-order valence-corrected chi connectivity index (χ2v) is 2.02. The van der Waals surface area contributed by atoms with Gasteiger partial charge in [-0.15, -0.1) is 0 Å². The van der Waals surface area contributed by atoms with E-state index in [9.17, 15) is 0 Å². The highest BCUT2D eigenvalue weighted by atomic mass is 16.5. The van der Waals surface area contributed by atoms with Gasteiger partial charge in [0.25, 0.3) is 0 Å². The molecular formula is C7H14O2. The lowest BCUT2D eigenvalue weighted by Crippen LogP contribution is -2.02. The molecule has 1 N–H and O–H groups in total. The van der Waals surface area contributed by atoms with E-state index < -0.39 is 0 Å². The van der Waals surface area contributed by atoms with Crippen molar-refractivity contribution < 1.29 is 9.84 Å². The van der Waals surface area contributed by atoms with Crippen LogP contribution in [0.2, 0.25) is 0 Å². The Morgan fingerprint density at radius 2 is 2.33 bits per heavy atom. The van der Waals surface area contributed by atoms with E-state index in [0.29, 0.717) is 18.8 Å². The zero-order valence-corrected chi connectivity index (χ0v) is 6.05. The van der Waals surface area contributed by atoms with Gasteiger partial charge in [-0.2, -0.15) is 0 Å². The molecule has 0 bridgehead atoms. The molecule has 1 atom stereocenters. The zero-order chi connectivity index (χ0) is 7.28. The van der Waals surface area contributed by atoms with Crippen LogP contribution in [0.4, 0.5) is 0 Å². The van der Waals surface area contributed by atoms with Gasteiger partial charge in [-0.3, -0.25) is 0 Å². The van der Waals surface area contributed by atoms with Crippen molar-refractivity contribution in [3.05, 3.63) is 12.3 Å². The molecule has 0 aromatic rings. The average molecular weight is 130 g/mol. The van der Waals surface area contributed by atoms with Crippen molar-refractivity contribution in [1.82, 2.24) is 0 Å². The molecule has 0 aliphatic carbocycles. The van der Waals surface area contributed by atoms with E-state index in [1.165, 1.54) is 0 Å². The molecule has 2 heteroatoms. The third-order valence-corrected chi connectivity index (χ3v) is 0.872. The molecule has 0 saturated carbocycles. The van der Waals surface area contributed by atoms with Crippen molar-refractivity contribution >= 4 is 0 Å². The van der Waals surface area contributed by atoms with Crippen LogP contribution in [0.15, 0.2) is 12.3 Å². The quantitative estimate of drug-likeness (QED) is 0.581. The van der Waals surface area contributed by atoms with Crippen molar-refractivity contribution in [3.63, 3.8) is 0 Å². The summed E-state index contributed by atoms with van der Waals surface area (Å²) in [6, 6.07) is 0. The van der Waals surface area contributed by atoms with Gasteiger partial charge in [0.2, 0.25) is 0 Å². The normalized spacial score (nSPS) is 12.8. The first-order valence-electron chi connectivity index (χ1n) is 3.15. The van der Waals surface area contributed by atoms with Crippen LogP contribution < -0.4 is 0 Å². The fourth-order valence-corrected chi connectivity index (χ4v) is 0.593. The predicted octanol–water partition coefficient (Wildman–Crippen LogP) is 1.31. The number of rotatable bonds is 4. The maximum absolute atomic E-state index is 8.81. The summed E-state index contributed by atoms with van der Waals surface area (Å²) in [6.45, 7) is 7.84. The highest BCUT2D eigenvalue weighted by Crippen LogP contribution is 2.02. The van der Waals surface area contributed by atoms with Crippen LogP contribution in [0, 0.1) is 0 Å². The lowest BCUT2D eigenvalue weighted by Gasteiger charge is -2.07. The molecule has 0 aliphatic rings. The Labute approximate surface area is 56.1 Å². The monoisotopic (exact) mass is 130 g/mol. The molecule has 0 rings (SSSR count). The average Bonchev–Trinajstić information content (AvgIpc) is 1.63. The second kappa shape index (κ2) is 4.39. The molecule has 2 nitrogen and oxygen atoms in total. The van der Waals surface area contributed by atoms with E-state index in [-0.39, 0.29) is 6.10 Å². The van der Waals surface area contributed by atoms with E-state index in [1.54, 1.807) is 6.92 Å². The Morgan fingerprint density at radius 1 is 1.78 bits per heavy atom. The number of aliphatic hydroxyl groups is 1. The first-order valence-corrected chi connectivity index (χ1v) is 3.15. The summed E-state index contributed by atoms with van der Waals surface area (Å²) in [7, 11) is 0. The number of aliphatic hydroxyl groups excluding tert-OH is 1. The van der Waals surface area contributed by atoms with Crippen LogP contribution >= 0.6 is 0 Å². The Morgan fingerprint density at radius 3 is 2.67 bits per heavy atom. The minimum absolute atomic E-state index is 0.343. The number of ether oxygens (including phenoxy) is 1. The molecule has 0 amide bonds. The lowest BCUT2D eigenvalue weighted by atomic mass is 10.2. The minimum Gasteiger partial charge on any atom is -0.499 e. The largest absolute Gasteiger partial charge is 0.499 e. The summed E-state index contributed by atoms with van der Waals surface area (Å²) < 4.78 is 5.00. The summed E-state index contributed by atoms with van der Waals surface area (Å²) in [4.78, 5) is 0. The molecule has 9 heavy (non-hydrogen) atoms. The van der Waals surface area contributed by atoms with Crippen LogP contribution in [0.5, 0.6) is 0 Å². The molecule has 0 aliphatic heterocycles. The Bertz CT molecular complexity index is 86.9. The SMILES string of the molecule is C=C(CC(C)O)OCC. The fourth-order valence-electron chi connectivity index (χ4n) is 0.593. The van der Waals surface area contributed by atoms with Crippen molar-refractivity contribution in [2.75, 3.05) is 6.61 Å². The second-order valence-electron chi connectivity index (χ2n) is 2.02. The number of hydrogen-bond acceptors (Lipinski definition) is 2. The molecule has 54 valence electrons. The summed E-state index contributed by atoms with van der Waals surface area (Å²) >= 11 is 0. The Kier molecular flexibility index (Phi) is 4.14. The van der Waals surface area contributed by atoms with Gasteiger partial charge in [0.1, 0.15) is 0 Å². The van der Waals surface area contributed by atoms with E-state index in [0.717, 1.165) is 0 Å². The molecule has 0 fully saturated rings. The molecule has 0 heterocycles. The van der Waals surface area contributed by atoms with Crippen molar-refractivity contribution in [3.8, 4) is 0 Å². The topological polar surface area (TPSA) is 29.5 Å². The van der Waals surface area contributed by atoms with Gasteiger partial charge >= 0.3 is 0 Å². The van der Waals surface area contributed by atoms with Gasteiger partial charge in [0.15, 0.2) is 0 Å². The zero-order valence-electron chi connectivity index (χ0n) is 6.05. The van der Waals surface area contributed by atoms with Crippen molar-refractivity contribution in [1.29, 1.82) is 0 Å². The van der Waals surface area contributed by atoms with Gasteiger partial charge in [-0.25, -0.2) is 0 Å². The first kappa shape index (κ1) is 8.50. The Hall–Kier alpha value is -0.500. The number of hydrogen-bond donors (Lipinski definition) is 1. The van der Waals surface area contributed by atoms with E-state index in [2.05, 4.69) is 6.58 Å². The van der Waals surface area contributed by atoms with Crippen LogP contribution in [-0.2, 0) is 4.74 Å². The van der Waals surface area contributed by atoms with Gasteiger partial charge in [-0.1, -0.05) is 6.58 Å². The molecule has 0 aromatic heterocycles. The van der Waals surface area contributed by atoms with Gasteiger partial charge in [0, 0.05) is 6.42 Å². The third-order valence-electron chi connectivity index (χ3n) is 0.872. The molecule has 0 saturated heterocycles. The van der Waals surface area contributed by atoms with Crippen molar-refractivity contribution in [2.45, 2.75) is 26.4 Å². The maximum atomic E-state index is 8.81. The minimum atomic E-state index is -0.343. The fraction of sp³-hybridized carbons (Fsp3) is 0.714. The van der Waals surface area contributed by atoms with E-state index in [1.807, 2.05) is 6.92 Å². The molecule has 1 unspecified atom stereocenters. The smallest absolute Gasteiger partial charge is 0.0913 e. The van der Waals surface area contributed by atoms with Crippen LogP contribution in [0.3, 0.4) is 0 Å². The first-order chi connectivity index (χ1) is 4.16. The molecule has 0 radical (unpaired) electrons. The van der Waals surface area contributed by atoms with Gasteiger partial charge in [0.05, 0.1) is 18.5 Å². The summed E-state index contributed by atoms with van der Waals surface area (Å²) in [5, 5.41) is 8.81. The highest BCUT2D eigenvalue weighted by Gasteiger charge is 1.98. The van der Waals surface area contributed by atoms with Crippen LogP contribution in [0.25, 0.3) is 0 Å². The molecule has 0 aromatic carbocycles. The molecular weight excluding hydrogens is 116 g/mol. The maximum Gasteiger partial charge on any atom is 0.0913 e. The van der Waals surface area contributed by atoms with Gasteiger partial charge in [-0.05, 0) is 13.8 Å². The summed E-state index contributed by atoms with van der Waals surface area (Å²) in [5.41, 5.74) is 0. The van der Waals surface area contributed by atoms with Crippen LogP contribution in [-0.4, -0.2) is 17.8 Å². The highest BCUT2D eigenvalue weighted by molar-refractivity contribution is 4.83. The molecule has 0 spiro atoms. The summed E-state index contributed by atoms with van der Waals surface area (Å²) in [5.74, 6) is 0.660. The third kappa shape index (κ3) is 5.37. The van der Waals surface area contributed by atoms with E-state index >= 15 is 0 Å².